The molecule has 2 aromatic rings. The largest absolute Gasteiger partial charge is 0.349 e. The zero-order valence-electron chi connectivity index (χ0n) is 12.1. The van der Waals surface area contributed by atoms with Crippen molar-refractivity contribution in [2.24, 2.45) is 0 Å². The van der Waals surface area contributed by atoms with Crippen LogP contribution in [0.25, 0.3) is 0 Å². The number of aromatic nitrogens is 1. The molecule has 0 atom stereocenters. The molecule has 2 N–H and O–H groups in total. The Kier molecular flexibility index (Phi) is 4.14. The Bertz CT molecular complexity index is 664. The molecule has 1 aromatic heterocycles. The molecule has 112 valence electrons. The normalized spacial score (nSPS) is 13.5. The highest BCUT2D eigenvalue weighted by atomic mass is 16.2. The van der Waals surface area contributed by atoms with Gasteiger partial charge < -0.3 is 10.6 Å². The van der Waals surface area contributed by atoms with Gasteiger partial charge >= 0.3 is 0 Å². The van der Waals surface area contributed by atoms with E-state index in [0.29, 0.717) is 23.7 Å². The van der Waals surface area contributed by atoms with Gasteiger partial charge in [-0.1, -0.05) is 6.07 Å². The molecule has 3 rings (SSSR count). The van der Waals surface area contributed by atoms with Crippen LogP contribution in [0, 0.1) is 0 Å². The molecule has 0 unspecified atom stereocenters. The van der Waals surface area contributed by atoms with E-state index in [4.69, 9.17) is 0 Å². The standard InChI is InChI=1S/C17H17N3O2/c21-16(19-11-15-3-1-2-10-18-15)12-4-6-13(7-5-12)17(22)20-14-8-9-14/h1-7,10,14H,8-9,11H2,(H,19,21)(H,20,22). The van der Waals surface area contributed by atoms with E-state index in [1.54, 1.807) is 30.5 Å². The lowest BCUT2D eigenvalue weighted by Crippen LogP contribution is -2.26. The van der Waals surface area contributed by atoms with Crippen molar-refractivity contribution in [2.75, 3.05) is 0 Å². The summed E-state index contributed by atoms with van der Waals surface area (Å²) in [6, 6.07) is 12.6. The van der Waals surface area contributed by atoms with Gasteiger partial charge in [-0.2, -0.15) is 0 Å². The first-order chi connectivity index (χ1) is 10.7. The van der Waals surface area contributed by atoms with Crippen molar-refractivity contribution in [1.29, 1.82) is 0 Å². The van der Waals surface area contributed by atoms with Crippen molar-refractivity contribution < 1.29 is 9.59 Å². The molecule has 1 aromatic carbocycles. The maximum Gasteiger partial charge on any atom is 0.251 e. The molecule has 0 radical (unpaired) electrons. The fourth-order valence-corrected chi connectivity index (χ4v) is 2.04. The van der Waals surface area contributed by atoms with Gasteiger partial charge in [0.15, 0.2) is 0 Å². The third kappa shape index (κ3) is 3.69. The molecule has 1 fully saturated rings. The molecule has 2 amide bonds. The molecule has 0 bridgehead atoms. The molecule has 0 spiro atoms. The van der Waals surface area contributed by atoms with Crippen LogP contribution in [0.3, 0.4) is 0 Å². The summed E-state index contributed by atoms with van der Waals surface area (Å²) in [4.78, 5) is 28.1. The topological polar surface area (TPSA) is 71.1 Å². The van der Waals surface area contributed by atoms with E-state index >= 15 is 0 Å². The summed E-state index contributed by atoms with van der Waals surface area (Å²) in [6.07, 6.45) is 3.80. The van der Waals surface area contributed by atoms with Crippen molar-refractivity contribution in [3.63, 3.8) is 0 Å². The monoisotopic (exact) mass is 295 g/mol. The second-order valence-electron chi connectivity index (χ2n) is 5.33. The van der Waals surface area contributed by atoms with E-state index < -0.39 is 0 Å². The van der Waals surface area contributed by atoms with E-state index in [2.05, 4.69) is 15.6 Å². The van der Waals surface area contributed by atoms with E-state index in [1.807, 2.05) is 18.2 Å². The first kappa shape index (κ1) is 14.3. The average molecular weight is 295 g/mol. The SMILES string of the molecule is O=C(NCc1ccccn1)c1ccc(C(=O)NC2CC2)cc1. The number of hydrogen-bond donors (Lipinski definition) is 2. The van der Waals surface area contributed by atoms with Crippen LogP contribution in [-0.2, 0) is 6.54 Å². The predicted molar refractivity (Wildman–Crippen MR) is 82.3 cm³/mol. The predicted octanol–water partition coefficient (Wildman–Crippen LogP) is 1.90. The number of nitrogens with zero attached hydrogens (tertiary/aromatic N) is 1. The fourth-order valence-electron chi connectivity index (χ4n) is 2.04. The van der Waals surface area contributed by atoms with Crippen molar-refractivity contribution in [3.05, 3.63) is 65.5 Å². The summed E-state index contributed by atoms with van der Waals surface area (Å²) >= 11 is 0. The zero-order valence-corrected chi connectivity index (χ0v) is 12.1. The van der Waals surface area contributed by atoms with Crippen molar-refractivity contribution in [2.45, 2.75) is 25.4 Å². The third-order valence-corrected chi connectivity index (χ3v) is 3.48. The molecular weight excluding hydrogens is 278 g/mol. The number of carbonyl (C=O) groups is 2. The highest BCUT2D eigenvalue weighted by Crippen LogP contribution is 2.19. The van der Waals surface area contributed by atoms with Gasteiger partial charge in [0.05, 0.1) is 12.2 Å². The average Bonchev–Trinajstić information content (AvgIpc) is 3.37. The number of benzene rings is 1. The highest BCUT2D eigenvalue weighted by molar-refractivity contribution is 5.97. The molecule has 1 saturated carbocycles. The van der Waals surface area contributed by atoms with Crippen molar-refractivity contribution in [1.82, 2.24) is 15.6 Å². The molecule has 22 heavy (non-hydrogen) atoms. The zero-order chi connectivity index (χ0) is 15.4. The second kappa shape index (κ2) is 6.39. The second-order valence-corrected chi connectivity index (χ2v) is 5.33. The Hall–Kier alpha value is -2.69. The van der Waals surface area contributed by atoms with E-state index in [1.165, 1.54) is 0 Å². The quantitative estimate of drug-likeness (QED) is 0.885. The Morgan fingerprint density at radius 3 is 2.27 bits per heavy atom. The number of pyridine rings is 1. The molecule has 0 saturated heterocycles. The van der Waals surface area contributed by atoms with E-state index in [-0.39, 0.29) is 11.8 Å². The molecule has 0 aliphatic heterocycles. The third-order valence-electron chi connectivity index (χ3n) is 3.48. The van der Waals surface area contributed by atoms with Crippen LogP contribution in [-0.4, -0.2) is 22.8 Å². The van der Waals surface area contributed by atoms with Gasteiger partial charge in [-0.25, -0.2) is 0 Å². The number of nitrogens with one attached hydrogen (secondary N) is 2. The van der Waals surface area contributed by atoms with Crippen LogP contribution in [0.2, 0.25) is 0 Å². The minimum Gasteiger partial charge on any atom is -0.349 e. The Morgan fingerprint density at radius 1 is 1.00 bits per heavy atom. The lowest BCUT2D eigenvalue weighted by Gasteiger charge is -2.06. The van der Waals surface area contributed by atoms with Gasteiger partial charge in [0, 0.05) is 23.4 Å². The van der Waals surface area contributed by atoms with Crippen LogP contribution in [0.15, 0.2) is 48.7 Å². The van der Waals surface area contributed by atoms with Crippen molar-refractivity contribution >= 4 is 11.8 Å². The van der Waals surface area contributed by atoms with Gasteiger partial charge in [-0.05, 0) is 49.2 Å². The number of hydrogen-bond acceptors (Lipinski definition) is 3. The molecule has 1 aliphatic rings. The minimum absolute atomic E-state index is 0.0806. The fraction of sp³-hybridized carbons (Fsp3) is 0.235. The molecule has 1 aliphatic carbocycles. The summed E-state index contributed by atoms with van der Waals surface area (Å²) in [5, 5.41) is 5.72. The Labute approximate surface area is 128 Å². The molecule has 5 heteroatoms. The first-order valence-electron chi connectivity index (χ1n) is 7.31. The van der Waals surface area contributed by atoms with Crippen LogP contribution in [0.4, 0.5) is 0 Å². The van der Waals surface area contributed by atoms with Gasteiger partial charge in [-0.3, -0.25) is 14.6 Å². The highest BCUT2D eigenvalue weighted by Gasteiger charge is 2.23. The van der Waals surface area contributed by atoms with Gasteiger partial charge in [0.1, 0.15) is 0 Å². The lowest BCUT2D eigenvalue weighted by molar-refractivity contribution is 0.0939. The van der Waals surface area contributed by atoms with E-state index in [0.717, 1.165) is 18.5 Å². The van der Waals surface area contributed by atoms with Gasteiger partial charge in [0.25, 0.3) is 11.8 Å². The van der Waals surface area contributed by atoms with Crippen LogP contribution in [0.1, 0.15) is 39.3 Å². The number of carbonyl (C=O) groups excluding carboxylic acids is 2. The minimum atomic E-state index is -0.181. The van der Waals surface area contributed by atoms with Crippen molar-refractivity contribution in [3.8, 4) is 0 Å². The molecule has 5 nitrogen and oxygen atoms in total. The lowest BCUT2D eigenvalue weighted by atomic mass is 10.1. The van der Waals surface area contributed by atoms with Gasteiger partial charge in [0.2, 0.25) is 0 Å². The summed E-state index contributed by atoms with van der Waals surface area (Å²) in [6.45, 7) is 0.379. The summed E-state index contributed by atoms with van der Waals surface area (Å²) in [5.74, 6) is -0.261. The van der Waals surface area contributed by atoms with E-state index in [9.17, 15) is 9.59 Å². The Morgan fingerprint density at radius 2 is 1.68 bits per heavy atom. The molecular formula is C17H17N3O2. The first-order valence-corrected chi connectivity index (χ1v) is 7.31. The smallest absolute Gasteiger partial charge is 0.251 e. The number of rotatable bonds is 5. The summed E-state index contributed by atoms with van der Waals surface area (Å²) < 4.78 is 0. The summed E-state index contributed by atoms with van der Waals surface area (Å²) in [5.41, 5.74) is 1.91. The maximum atomic E-state index is 12.0. The van der Waals surface area contributed by atoms with Crippen LogP contribution < -0.4 is 10.6 Å². The van der Waals surface area contributed by atoms with Gasteiger partial charge in [-0.15, -0.1) is 0 Å². The van der Waals surface area contributed by atoms with Crippen LogP contribution in [0.5, 0.6) is 0 Å². The molecule has 1 heterocycles. The summed E-state index contributed by atoms with van der Waals surface area (Å²) in [7, 11) is 0. The maximum absolute atomic E-state index is 12.0. The van der Waals surface area contributed by atoms with Crippen LogP contribution >= 0.6 is 0 Å². The Balaban J connectivity index is 1.57. The number of amides is 2.